The fourth-order valence-electron chi connectivity index (χ4n) is 3.88. The maximum Gasteiger partial charge on any atom is 1.00 e. The summed E-state index contributed by atoms with van der Waals surface area (Å²) in [5.41, 5.74) is 0.920. The third-order valence-corrected chi connectivity index (χ3v) is 6.58. The molecule has 0 aromatic heterocycles. The molecule has 0 amide bonds. The SMILES string of the molecule is CCCCCCCCCCCCCCc1ccccc1Oc1c([O-])cccc1S(=O)(=O)O.[Na+]. The number of rotatable bonds is 16. The Morgan fingerprint density at radius 1 is 0.788 bits per heavy atom. The van der Waals surface area contributed by atoms with Gasteiger partial charge in [-0.25, -0.2) is 0 Å². The van der Waals surface area contributed by atoms with Crippen LogP contribution in [0.1, 0.15) is 89.5 Å². The summed E-state index contributed by atoms with van der Waals surface area (Å²) < 4.78 is 38.4. The molecule has 0 unspecified atom stereocenters. The number of aryl methyl sites for hydroxylation is 1. The van der Waals surface area contributed by atoms with Gasteiger partial charge in [-0.3, -0.25) is 4.55 Å². The second-order valence-electron chi connectivity index (χ2n) is 8.41. The molecule has 0 fully saturated rings. The summed E-state index contributed by atoms with van der Waals surface area (Å²) in [5, 5.41) is 12.2. The molecule has 0 saturated carbocycles. The molecule has 1 N–H and O–H groups in total. The van der Waals surface area contributed by atoms with Crippen LogP contribution >= 0.6 is 0 Å². The summed E-state index contributed by atoms with van der Waals surface area (Å²) in [7, 11) is -4.55. The van der Waals surface area contributed by atoms with Crippen LogP contribution in [0.4, 0.5) is 0 Å². The average Bonchev–Trinajstić information content (AvgIpc) is 2.76. The van der Waals surface area contributed by atoms with Crippen molar-refractivity contribution < 1.29 is 52.4 Å². The Morgan fingerprint density at radius 3 is 1.91 bits per heavy atom. The third-order valence-electron chi connectivity index (χ3n) is 5.70. The van der Waals surface area contributed by atoms with Crippen molar-refractivity contribution in [2.45, 2.75) is 95.3 Å². The van der Waals surface area contributed by atoms with Gasteiger partial charge in [0.1, 0.15) is 16.4 Å². The van der Waals surface area contributed by atoms with Crippen molar-refractivity contribution >= 4 is 10.1 Å². The van der Waals surface area contributed by atoms with Crippen molar-refractivity contribution in [1.82, 2.24) is 0 Å². The normalized spacial score (nSPS) is 11.2. The minimum atomic E-state index is -4.55. The van der Waals surface area contributed by atoms with Gasteiger partial charge in [-0.15, -0.1) is 0 Å². The van der Waals surface area contributed by atoms with Crippen molar-refractivity contribution in [3.63, 3.8) is 0 Å². The topological polar surface area (TPSA) is 86.7 Å². The van der Waals surface area contributed by atoms with E-state index in [0.717, 1.165) is 24.8 Å². The molecule has 0 bridgehead atoms. The number of ether oxygens (including phenoxy) is 1. The molecule has 2 rings (SSSR count). The van der Waals surface area contributed by atoms with E-state index in [1.54, 1.807) is 12.1 Å². The molecular weight excluding hydrogens is 447 g/mol. The first-order valence-electron chi connectivity index (χ1n) is 12.0. The van der Waals surface area contributed by atoms with E-state index in [1.807, 2.05) is 12.1 Å². The molecule has 0 aliphatic carbocycles. The molecule has 0 radical (unpaired) electrons. The van der Waals surface area contributed by atoms with Crippen LogP contribution in [0.25, 0.3) is 0 Å². The van der Waals surface area contributed by atoms with Crippen molar-refractivity contribution in [1.29, 1.82) is 0 Å². The molecule has 0 atom stereocenters. The van der Waals surface area contributed by atoms with Crippen LogP contribution in [0.5, 0.6) is 17.2 Å². The van der Waals surface area contributed by atoms with Gasteiger partial charge in [0.2, 0.25) is 0 Å². The van der Waals surface area contributed by atoms with E-state index in [-0.39, 0.29) is 35.3 Å². The van der Waals surface area contributed by atoms with Gasteiger partial charge in [-0.2, -0.15) is 8.42 Å². The number of hydrogen-bond acceptors (Lipinski definition) is 4. The van der Waals surface area contributed by atoms with E-state index >= 15 is 0 Å². The average molecular weight is 485 g/mol. The number of para-hydroxylation sites is 2. The summed E-state index contributed by atoms with van der Waals surface area (Å²) in [6.07, 6.45) is 16.1. The Hall–Kier alpha value is -1.05. The second-order valence-corrected chi connectivity index (χ2v) is 9.80. The Bertz CT molecular complexity index is 915. The number of benzene rings is 2. The van der Waals surface area contributed by atoms with E-state index in [4.69, 9.17) is 4.74 Å². The zero-order chi connectivity index (χ0) is 23.2. The summed E-state index contributed by atoms with van der Waals surface area (Å²) in [6.45, 7) is 2.25. The fraction of sp³-hybridized carbons (Fsp3) is 0.538. The van der Waals surface area contributed by atoms with E-state index in [1.165, 1.54) is 82.4 Å². The molecule has 2 aromatic carbocycles. The molecular formula is C26H37NaO5S. The second kappa shape index (κ2) is 16.6. The first-order chi connectivity index (χ1) is 15.4. The van der Waals surface area contributed by atoms with E-state index in [2.05, 4.69) is 6.92 Å². The summed E-state index contributed by atoms with van der Waals surface area (Å²) in [5.74, 6) is -0.499. The van der Waals surface area contributed by atoms with Crippen molar-refractivity contribution in [2.75, 3.05) is 0 Å². The molecule has 5 nitrogen and oxygen atoms in total. The van der Waals surface area contributed by atoms with Gasteiger partial charge in [0.05, 0.1) is 0 Å². The first-order valence-corrected chi connectivity index (χ1v) is 13.4. The van der Waals surface area contributed by atoms with Gasteiger partial charge in [0.15, 0.2) is 0 Å². The summed E-state index contributed by atoms with van der Waals surface area (Å²) in [4.78, 5) is -0.509. The Morgan fingerprint density at radius 2 is 1.33 bits per heavy atom. The number of unbranched alkanes of at least 4 members (excludes halogenated alkanes) is 11. The Balaban J connectivity index is 0.00000544. The van der Waals surface area contributed by atoms with Gasteiger partial charge < -0.3 is 9.84 Å². The van der Waals surface area contributed by atoms with E-state index < -0.39 is 20.8 Å². The minimum absolute atomic E-state index is 0. The zero-order valence-corrected chi connectivity index (χ0v) is 23.0. The molecule has 0 spiro atoms. The smallest absolute Gasteiger partial charge is 0.870 e. The molecule has 7 heteroatoms. The van der Waals surface area contributed by atoms with Gasteiger partial charge in [-0.05, 0) is 30.5 Å². The van der Waals surface area contributed by atoms with Gasteiger partial charge >= 0.3 is 29.6 Å². The van der Waals surface area contributed by atoms with Crippen molar-refractivity contribution in [3.05, 3.63) is 48.0 Å². The van der Waals surface area contributed by atoms with Crippen molar-refractivity contribution in [2.24, 2.45) is 0 Å². The van der Waals surface area contributed by atoms with Crippen LogP contribution in [-0.4, -0.2) is 13.0 Å². The van der Waals surface area contributed by atoms with Crippen LogP contribution in [0.3, 0.4) is 0 Å². The standard InChI is InChI=1S/C26H38O5S.Na/c1-2-3-4-5-6-7-8-9-10-11-12-13-17-22-18-14-15-20-24(22)31-26-23(27)19-16-21-25(26)32(28,29)30;/h14-16,18-21,27H,2-13,17H2,1H3,(H,28,29,30);/q;+1/p-1. The largest absolute Gasteiger partial charge is 1.00 e. The molecule has 178 valence electrons. The number of hydrogen-bond donors (Lipinski definition) is 1. The maximum absolute atomic E-state index is 12.2. The molecule has 2 aromatic rings. The minimum Gasteiger partial charge on any atom is -0.870 e. The van der Waals surface area contributed by atoms with Crippen LogP contribution < -0.4 is 39.4 Å². The Labute approximate surface area is 222 Å². The zero-order valence-electron chi connectivity index (χ0n) is 20.2. The first kappa shape index (κ1) is 30.0. The predicted octanol–water partition coefficient (Wildman–Crippen LogP) is 4.05. The monoisotopic (exact) mass is 484 g/mol. The van der Waals surface area contributed by atoms with E-state index in [9.17, 15) is 18.1 Å². The van der Waals surface area contributed by atoms with Crippen molar-refractivity contribution in [3.8, 4) is 17.2 Å². The summed E-state index contributed by atoms with van der Waals surface area (Å²) >= 11 is 0. The maximum atomic E-state index is 12.2. The molecule has 0 aliphatic heterocycles. The van der Waals surface area contributed by atoms with E-state index in [0.29, 0.717) is 5.75 Å². The molecule has 0 aliphatic rings. The van der Waals surface area contributed by atoms with Crippen LogP contribution in [0.2, 0.25) is 0 Å². The van der Waals surface area contributed by atoms with Crippen LogP contribution in [0.15, 0.2) is 47.4 Å². The third kappa shape index (κ3) is 11.3. The molecule has 0 saturated heterocycles. The molecule has 0 heterocycles. The van der Waals surface area contributed by atoms with Crippen LogP contribution in [0, 0.1) is 0 Å². The van der Waals surface area contributed by atoms with Crippen LogP contribution in [-0.2, 0) is 16.5 Å². The van der Waals surface area contributed by atoms with Gasteiger partial charge in [0, 0.05) is 0 Å². The fourth-order valence-corrected chi connectivity index (χ4v) is 4.50. The summed E-state index contributed by atoms with van der Waals surface area (Å²) in [6, 6.07) is 11.0. The van der Waals surface area contributed by atoms with Gasteiger partial charge in [-0.1, -0.05) is 114 Å². The predicted molar refractivity (Wildman–Crippen MR) is 127 cm³/mol. The van der Waals surface area contributed by atoms with Gasteiger partial charge in [0.25, 0.3) is 10.1 Å². The Kier molecular flexibility index (Phi) is 15.0. The molecule has 33 heavy (non-hydrogen) atoms. The quantitative estimate of drug-likeness (QED) is 0.221.